The van der Waals surface area contributed by atoms with Crippen LogP contribution < -0.4 is 0 Å². The Bertz CT molecular complexity index is 556. The van der Waals surface area contributed by atoms with Crippen molar-refractivity contribution < 1.29 is 9.47 Å². The lowest BCUT2D eigenvalue weighted by molar-refractivity contribution is 0.103. The van der Waals surface area contributed by atoms with Crippen LogP contribution in [0.3, 0.4) is 0 Å². The van der Waals surface area contributed by atoms with Crippen molar-refractivity contribution in [1.29, 1.82) is 0 Å². The van der Waals surface area contributed by atoms with Crippen molar-refractivity contribution in [3.63, 3.8) is 0 Å². The second-order valence-corrected chi connectivity index (χ2v) is 5.18. The molecule has 5 nitrogen and oxygen atoms in total. The molecule has 1 aliphatic rings. The van der Waals surface area contributed by atoms with E-state index in [2.05, 4.69) is 27.3 Å². The molecule has 21 heavy (non-hydrogen) atoms. The maximum atomic E-state index is 5.90. The molecular weight excluding hydrogens is 266 g/mol. The van der Waals surface area contributed by atoms with Crippen LogP contribution in [0.15, 0.2) is 30.3 Å². The molecule has 1 N–H and O–H groups in total. The van der Waals surface area contributed by atoms with E-state index in [1.54, 1.807) is 0 Å². The molecule has 1 aromatic heterocycles. The van der Waals surface area contributed by atoms with E-state index in [1.807, 2.05) is 25.1 Å². The normalized spacial score (nSPS) is 21.8. The molecule has 0 unspecified atom stereocenters. The molecule has 1 saturated heterocycles. The lowest BCUT2D eigenvalue weighted by Gasteiger charge is -2.16. The zero-order valence-corrected chi connectivity index (χ0v) is 12.3. The molecule has 0 amide bonds. The average Bonchev–Trinajstić information content (AvgIpc) is 3.17. The molecule has 2 atom stereocenters. The summed E-state index contributed by atoms with van der Waals surface area (Å²) in [6.07, 6.45) is 1.79. The highest BCUT2D eigenvalue weighted by Crippen LogP contribution is 2.40. The molecular formula is C16H21N3O2. The number of hydrogen-bond acceptors (Lipinski definition) is 4. The van der Waals surface area contributed by atoms with Gasteiger partial charge in [-0.05, 0) is 18.9 Å². The zero-order chi connectivity index (χ0) is 14.5. The Hall–Kier alpha value is -1.72. The Balaban J connectivity index is 1.70. The van der Waals surface area contributed by atoms with Crippen LogP contribution in [0, 0.1) is 0 Å². The smallest absolute Gasteiger partial charge is 0.156 e. The third-order valence-corrected chi connectivity index (χ3v) is 3.79. The van der Waals surface area contributed by atoms with Crippen molar-refractivity contribution >= 4 is 0 Å². The first-order valence-corrected chi connectivity index (χ1v) is 7.54. The predicted molar refractivity (Wildman–Crippen MR) is 79.1 cm³/mol. The molecule has 0 spiro atoms. The Labute approximate surface area is 124 Å². The molecule has 2 aromatic rings. The molecule has 112 valence electrons. The highest BCUT2D eigenvalue weighted by atomic mass is 16.5. The van der Waals surface area contributed by atoms with Crippen LogP contribution in [0.1, 0.15) is 42.6 Å². The largest absolute Gasteiger partial charge is 0.381 e. The lowest BCUT2D eigenvalue weighted by Crippen LogP contribution is -2.08. The summed E-state index contributed by atoms with van der Waals surface area (Å²) >= 11 is 0. The van der Waals surface area contributed by atoms with Gasteiger partial charge in [0.25, 0.3) is 0 Å². The van der Waals surface area contributed by atoms with E-state index in [9.17, 15) is 0 Å². The zero-order valence-electron chi connectivity index (χ0n) is 12.3. The average molecular weight is 287 g/mol. The van der Waals surface area contributed by atoms with Gasteiger partial charge in [-0.15, -0.1) is 0 Å². The molecule has 1 aromatic carbocycles. The Morgan fingerprint density at radius 2 is 2.19 bits per heavy atom. The fourth-order valence-corrected chi connectivity index (χ4v) is 2.73. The number of ether oxygens (including phenoxy) is 2. The highest BCUT2D eigenvalue weighted by Gasteiger charge is 2.33. The van der Waals surface area contributed by atoms with Crippen molar-refractivity contribution in [1.82, 2.24) is 15.2 Å². The van der Waals surface area contributed by atoms with Gasteiger partial charge < -0.3 is 9.47 Å². The van der Waals surface area contributed by atoms with Crippen LogP contribution in [-0.2, 0) is 15.9 Å². The van der Waals surface area contributed by atoms with Crippen molar-refractivity contribution in [2.75, 3.05) is 19.8 Å². The van der Waals surface area contributed by atoms with E-state index in [4.69, 9.17) is 9.47 Å². The first-order valence-electron chi connectivity index (χ1n) is 7.54. The lowest BCUT2D eigenvalue weighted by atomic mass is 9.95. The maximum Gasteiger partial charge on any atom is 0.156 e. The summed E-state index contributed by atoms with van der Waals surface area (Å²) in [6, 6.07) is 10.3. The second kappa shape index (κ2) is 6.83. The van der Waals surface area contributed by atoms with Crippen LogP contribution in [0.2, 0.25) is 0 Å². The summed E-state index contributed by atoms with van der Waals surface area (Å²) in [5.74, 6) is 1.97. The Morgan fingerprint density at radius 1 is 1.33 bits per heavy atom. The summed E-state index contributed by atoms with van der Waals surface area (Å²) < 4.78 is 11.2. The second-order valence-electron chi connectivity index (χ2n) is 5.18. The molecule has 3 rings (SSSR count). The highest BCUT2D eigenvalue weighted by molar-refractivity contribution is 5.22. The fraction of sp³-hybridized carbons (Fsp3) is 0.500. The van der Waals surface area contributed by atoms with Gasteiger partial charge in [-0.25, -0.2) is 4.98 Å². The first-order chi connectivity index (χ1) is 10.4. The number of nitrogens with zero attached hydrogens (tertiary/aromatic N) is 2. The topological polar surface area (TPSA) is 60.0 Å². The number of rotatable bonds is 6. The van der Waals surface area contributed by atoms with E-state index in [-0.39, 0.29) is 12.0 Å². The van der Waals surface area contributed by atoms with Gasteiger partial charge in [0.1, 0.15) is 5.82 Å². The minimum atomic E-state index is 0.0572. The van der Waals surface area contributed by atoms with Crippen LogP contribution in [-0.4, -0.2) is 35.0 Å². The molecule has 0 bridgehead atoms. The van der Waals surface area contributed by atoms with Crippen LogP contribution >= 0.6 is 0 Å². The van der Waals surface area contributed by atoms with Crippen molar-refractivity contribution in [2.24, 2.45) is 0 Å². The van der Waals surface area contributed by atoms with Gasteiger partial charge in [0.15, 0.2) is 5.82 Å². The van der Waals surface area contributed by atoms with Gasteiger partial charge in [0, 0.05) is 19.6 Å². The summed E-state index contributed by atoms with van der Waals surface area (Å²) in [5, 5.41) is 7.40. The van der Waals surface area contributed by atoms with Crippen LogP contribution in [0.4, 0.5) is 0 Å². The van der Waals surface area contributed by atoms with Crippen LogP contribution in [0.5, 0.6) is 0 Å². The SMILES string of the molecule is CCOCCc1nc([C@@H]2CCO[C@H]2c2ccccc2)n[nH]1. The Morgan fingerprint density at radius 3 is 3.00 bits per heavy atom. The number of benzene rings is 1. The van der Waals surface area contributed by atoms with Gasteiger partial charge in [-0.1, -0.05) is 30.3 Å². The van der Waals surface area contributed by atoms with Crippen molar-refractivity contribution in [3.8, 4) is 0 Å². The fourth-order valence-electron chi connectivity index (χ4n) is 2.73. The number of H-pyrrole nitrogens is 1. The van der Waals surface area contributed by atoms with Gasteiger partial charge in [-0.2, -0.15) is 5.10 Å². The number of aromatic amines is 1. The summed E-state index contributed by atoms with van der Waals surface area (Å²) in [6.45, 7) is 4.15. The number of aromatic nitrogens is 3. The molecule has 0 saturated carbocycles. The minimum Gasteiger partial charge on any atom is -0.381 e. The van der Waals surface area contributed by atoms with E-state index < -0.39 is 0 Å². The molecule has 2 heterocycles. The van der Waals surface area contributed by atoms with E-state index in [1.165, 1.54) is 5.56 Å². The standard InChI is InChI=1S/C16H21N3O2/c1-2-20-10-9-14-17-16(19-18-14)13-8-11-21-15(13)12-6-4-3-5-7-12/h3-7,13,15H,2,8-11H2,1H3,(H,17,18,19)/t13-,15+/m1/s1. The third kappa shape index (κ3) is 3.31. The monoisotopic (exact) mass is 287 g/mol. The molecule has 1 aliphatic heterocycles. The van der Waals surface area contributed by atoms with Gasteiger partial charge >= 0.3 is 0 Å². The van der Waals surface area contributed by atoms with Crippen molar-refractivity contribution in [3.05, 3.63) is 47.5 Å². The summed E-state index contributed by atoms with van der Waals surface area (Å²) in [4.78, 5) is 4.61. The summed E-state index contributed by atoms with van der Waals surface area (Å²) in [7, 11) is 0. The molecule has 0 aliphatic carbocycles. The van der Waals surface area contributed by atoms with Gasteiger partial charge in [0.2, 0.25) is 0 Å². The van der Waals surface area contributed by atoms with E-state index in [0.29, 0.717) is 6.61 Å². The first kappa shape index (κ1) is 14.2. The third-order valence-electron chi connectivity index (χ3n) is 3.79. The maximum absolute atomic E-state index is 5.90. The van der Waals surface area contributed by atoms with Gasteiger partial charge in [-0.3, -0.25) is 5.10 Å². The number of nitrogens with one attached hydrogen (secondary N) is 1. The van der Waals surface area contributed by atoms with E-state index in [0.717, 1.165) is 37.7 Å². The minimum absolute atomic E-state index is 0.0572. The molecule has 0 radical (unpaired) electrons. The summed E-state index contributed by atoms with van der Waals surface area (Å²) in [5.41, 5.74) is 1.20. The van der Waals surface area contributed by atoms with Gasteiger partial charge in [0.05, 0.1) is 18.6 Å². The number of hydrogen-bond donors (Lipinski definition) is 1. The van der Waals surface area contributed by atoms with Crippen molar-refractivity contribution in [2.45, 2.75) is 31.8 Å². The van der Waals surface area contributed by atoms with E-state index >= 15 is 0 Å². The molecule has 5 heteroatoms. The molecule has 1 fully saturated rings. The van der Waals surface area contributed by atoms with Crippen LogP contribution in [0.25, 0.3) is 0 Å². The predicted octanol–water partition coefficient (Wildman–Crippen LogP) is 2.63. The Kier molecular flexibility index (Phi) is 4.62. The quantitative estimate of drug-likeness (QED) is 0.830.